The smallest absolute Gasteiger partial charge is 0.220 e. The van der Waals surface area contributed by atoms with Crippen molar-refractivity contribution in [3.8, 4) is 0 Å². The average Bonchev–Trinajstić information content (AvgIpc) is 2.40. The number of nitrogens with two attached hydrogens (primary N) is 1. The van der Waals surface area contributed by atoms with Crippen molar-refractivity contribution in [3.63, 3.8) is 0 Å². The number of carbonyl (C=O) groups excluding carboxylic acids is 1. The molecule has 2 aliphatic rings. The quantitative estimate of drug-likeness (QED) is 0.811. The van der Waals surface area contributed by atoms with Crippen LogP contribution in [0.1, 0.15) is 51.4 Å². The van der Waals surface area contributed by atoms with Crippen molar-refractivity contribution in [1.82, 2.24) is 10.2 Å². The molecule has 4 heteroatoms. The van der Waals surface area contributed by atoms with Crippen LogP contribution in [-0.4, -0.2) is 43.0 Å². The molecule has 0 aromatic carbocycles. The van der Waals surface area contributed by atoms with E-state index in [0.717, 1.165) is 32.2 Å². The zero-order valence-corrected chi connectivity index (χ0v) is 12.2. The summed E-state index contributed by atoms with van der Waals surface area (Å²) >= 11 is 0. The molecule has 0 spiro atoms. The zero-order chi connectivity index (χ0) is 13.7. The highest BCUT2D eigenvalue weighted by Gasteiger charge is 2.22. The molecule has 19 heavy (non-hydrogen) atoms. The van der Waals surface area contributed by atoms with E-state index in [-0.39, 0.29) is 5.91 Å². The Labute approximate surface area is 117 Å². The Hall–Kier alpha value is -0.610. The largest absolute Gasteiger partial charge is 0.355 e. The monoisotopic (exact) mass is 267 g/mol. The molecule has 1 atom stereocenters. The maximum absolute atomic E-state index is 12.0. The first-order chi connectivity index (χ1) is 9.15. The van der Waals surface area contributed by atoms with Crippen molar-refractivity contribution in [1.29, 1.82) is 0 Å². The van der Waals surface area contributed by atoms with Gasteiger partial charge < -0.3 is 16.0 Å². The van der Waals surface area contributed by atoms with E-state index in [4.69, 9.17) is 5.73 Å². The van der Waals surface area contributed by atoms with E-state index in [1.165, 1.54) is 25.8 Å². The number of hydrogen-bond donors (Lipinski definition) is 2. The Morgan fingerprint density at radius 3 is 2.63 bits per heavy atom. The summed E-state index contributed by atoms with van der Waals surface area (Å²) < 4.78 is 0. The van der Waals surface area contributed by atoms with Crippen LogP contribution in [0.25, 0.3) is 0 Å². The van der Waals surface area contributed by atoms with Crippen LogP contribution < -0.4 is 11.1 Å². The number of carbonyl (C=O) groups is 1. The average molecular weight is 267 g/mol. The first-order valence-corrected chi connectivity index (χ1v) is 7.87. The van der Waals surface area contributed by atoms with E-state index in [9.17, 15) is 4.79 Å². The minimum Gasteiger partial charge on any atom is -0.355 e. The van der Waals surface area contributed by atoms with Crippen molar-refractivity contribution >= 4 is 5.91 Å². The molecule has 0 aromatic heterocycles. The SMILES string of the molecule is CN1CCCCC1CNC(=O)CC1CCC(N)CC1. The lowest BCUT2D eigenvalue weighted by atomic mass is 9.84. The number of likely N-dealkylation sites (tertiary alicyclic amines) is 1. The number of piperidine rings is 1. The van der Waals surface area contributed by atoms with Gasteiger partial charge in [-0.05, 0) is 58.0 Å². The van der Waals surface area contributed by atoms with Gasteiger partial charge in [0.15, 0.2) is 0 Å². The fraction of sp³-hybridized carbons (Fsp3) is 0.933. The third-order valence-electron chi connectivity index (χ3n) is 4.82. The first-order valence-electron chi connectivity index (χ1n) is 7.87. The number of amides is 1. The van der Waals surface area contributed by atoms with Gasteiger partial charge in [-0.1, -0.05) is 6.42 Å². The van der Waals surface area contributed by atoms with Crippen LogP contribution in [0.2, 0.25) is 0 Å². The van der Waals surface area contributed by atoms with Gasteiger partial charge >= 0.3 is 0 Å². The normalized spacial score (nSPS) is 33.1. The van der Waals surface area contributed by atoms with Crippen molar-refractivity contribution in [3.05, 3.63) is 0 Å². The number of nitrogens with one attached hydrogen (secondary N) is 1. The maximum atomic E-state index is 12.0. The third kappa shape index (κ3) is 4.77. The van der Waals surface area contributed by atoms with Crippen LogP contribution in [0.4, 0.5) is 0 Å². The molecule has 110 valence electrons. The van der Waals surface area contributed by atoms with Gasteiger partial charge in [0.2, 0.25) is 5.91 Å². The van der Waals surface area contributed by atoms with Gasteiger partial charge in [0.1, 0.15) is 0 Å². The third-order valence-corrected chi connectivity index (χ3v) is 4.82. The molecule has 1 saturated heterocycles. The highest BCUT2D eigenvalue weighted by molar-refractivity contribution is 5.76. The summed E-state index contributed by atoms with van der Waals surface area (Å²) in [5, 5.41) is 3.13. The maximum Gasteiger partial charge on any atom is 0.220 e. The van der Waals surface area contributed by atoms with Crippen LogP contribution in [0.5, 0.6) is 0 Å². The summed E-state index contributed by atoms with van der Waals surface area (Å²) in [6, 6.07) is 0.910. The molecule has 0 aromatic rings. The van der Waals surface area contributed by atoms with E-state index in [1.807, 2.05) is 0 Å². The molecule has 1 unspecified atom stereocenters. The summed E-state index contributed by atoms with van der Waals surface area (Å²) in [4.78, 5) is 14.4. The lowest BCUT2D eigenvalue weighted by Crippen LogP contribution is -2.44. The standard InChI is InChI=1S/C15H29N3O/c1-18-9-3-2-4-14(18)11-17-15(19)10-12-5-7-13(16)8-6-12/h12-14H,2-11,16H2,1H3,(H,17,19). The molecule has 1 heterocycles. The molecule has 2 rings (SSSR count). The second kappa shape index (κ2) is 7.25. The first kappa shape index (κ1) is 14.8. The van der Waals surface area contributed by atoms with Crippen LogP contribution in [0, 0.1) is 5.92 Å². The molecular formula is C15H29N3O. The number of nitrogens with zero attached hydrogens (tertiary/aromatic N) is 1. The summed E-state index contributed by atoms with van der Waals surface area (Å²) in [6.07, 6.45) is 8.93. The minimum atomic E-state index is 0.236. The number of likely N-dealkylation sites (N-methyl/N-ethyl adjacent to an activating group) is 1. The Bertz CT molecular complexity index is 287. The Kier molecular flexibility index (Phi) is 5.64. The molecule has 1 aliphatic carbocycles. The van der Waals surface area contributed by atoms with E-state index >= 15 is 0 Å². The van der Waals surface area contributed by atoms with Crippen LogP contribution in [-0.2, 0) is 4.79 Å². The second-order valence-electron chi connectivity index (χ2n) is 6.42. The highest BCUT2D eigenvalue weighted by atomic mass is 16.1. The van der Waals surface area contributed by atoms with Gasteiger partial charge in [0.25, 0.3) is 0 Å². The topological polar surface area (TPSA) is 58.4 Å². The molecular weight excluding hydrogens is 238 g/mol. The molecule has 3 N–H and O–H groups in total. The Morgan fingerprint density at radius 1 is 1.21 bits per heavy atom. The van der Waals surface area contributed by atoms with E-state index in [1.54, 1.807) is 0 Å². The molecule has 1 aliphatic heterocycles. The molecule has 0 radical (unpaired) electrons. The summed E-state index contributed by atoms with van der Waals surface area (Å²) in [6.45, 7) is 1.99. The molecule has 2 fully saturated rings. The Morgan fingerprint density at radius 2 is 1.95 bits per heavy atom. The lowest BCUT2D eigenvalue weighted by Gasteiger charge is -2.32. The van der Waals surface area contributed by atoms with Crippen molar-refractivity contribution < 1.29 is 4.79 Å². The second-order valence-corrected chi connectivity index (χ2v) is 6.42. The summed E-state index contributed by atoms with van der Waals surface area (Å²) in [5.41, 5.74) is 5.89. The fourth-order valence-electron chi connectivity index (χ4n) is 3.36. The van der Waals surface area contributed by atoms with E-state index in [0.29, 0.717) is 24.4 Å². The predicted octanol–water partition coefficient (Wildman–Crippen LogP) is 1.49. The number of rotatable bonds is 4. The van der Waals surface area contributed by atoms with Crippen LogP contribution in [0.15, 0.2) is 0 Å². The predicted molar refractivity (Wildman–Crippen MR) is 77.8 cm³/mol. The van der Waals surface area contributed by atoms with Gasteiger partial charge in [-0.15, -0.1) is 0 Å². The van der Waals surface area contributed by atoms with Crippen molar-refractivity contribution in [2.75, 3.05) is 20.1 Å². The molecule has 0 bridgehead atoms. The molecule has 1 amide bonds. The number of hydrogen-bond acceptors (Lipinski definition) is 3. The van der Waals surface area contributed by atoms with Crippen molar-refractivity contribution in [2.24, 2.45) is 11.7 Å². The minimum absolute atomic E-state index is 0.236. The summed E-state index contributed by atoms with van der Waals surface area (Å²) in [7, 11) is 2.17. The van der Waals surface area contributed by atoms with Gasteiger partial charge in [-0.3, -0.25) is 4.79 Å². The van der Waals surface area contributed by atoms with E-state index in [2.05, 4.69) is 17.3 Å². The van der Waals surface area contributed by atoms with Crippen LogP contribution >= 0.6 is 0 Å². The molecule has 4 nitrogen and oxygen atoms in total. The zero-order valence-electron chi connectivity index (χ0n) is 12.2. The highest BCUT2D eigenvalue weighted by Crippen LogP contribution is 2.25. The summed E-state index contributed by atoms with van der Waals surface area (Å²) in [5.74, 6) is 0.795. The Balaban J connectivity index is 1.64. The van der Waals surface area contributed by atoms with Gasteiger partial charge in [0.05, 0.1) is 0 Å². The van der Waals surface area contributed by atoms with Gasteiger partial charge in [0, 0.05) is 25.0 Å². The van der Waals surface area contributed by atoms with Crippen LogP contribution in [0.3, 0.4) is 0 Å². The van der Waals surface area contributed by atoms with Gasteiger partial charge in [-0.25, -0.2) is 0 Å². The fourth-order valence-corrected chi connectivity index (χ4v) is 3.36. The molecule has 1 saturated carbocycles. The van der Waals surface area contributed by atoms with Crippen molar-refractivity contribution in [2.45, 2.75) is 63.5 Å². The lowest BCUT2D eigenvalue weighted by molar-refractivity contribution is -0.122. The van der Waals surface area contributed by atoms with Gasteiger partial charge in [-0.2, -0.15) is 0 Å². The van der Waals surface area contributed by atoms with E-state index < -0.39 is 0 Å².